The number of likely N-dealkylation sites (tertiary alicyclic amines) is 1. The molecule has 2 aliphatic rings. The molecule has 2 aliphatic heterocycles. The molecule has 2 aromatic rings. The second kappa shape index (κ2) is 8.84. The predicted molar refractivity (Wildman–Crippen MR) is 114 cm³/mol. The predicted octanol–water partition coefficient (Wildman–Crippen LogP) is 2.29. The van der Waals surface area contributed by atoms with Crippen LogP contribution < -0.4 is 0 Å². The highest BCUT2D eigenvalue weighted by Crippen LogP contribution is 2.30. The number of piperidine rings is 1. The van der Waals surface area contributed by atoms with E-state index < -0.39 is 16.1 Å². The molecule has 166 valence electrons. The Morgan fingerprint density at radius 3 is 2.35 bits per heavy atom. The van der Waals surface area contributed by atoms with Gasteiger partial charge in [-0.15, -0.1) is 0 Å². The van der Waals surface area contributed by atoms with Gasteiger partial charge in [-0.1, -0.05) is 18.2 Å². The third kappa shape index (κ3) is 4.12. The molecule has 1 amide bonds. The fourth-order valence-electron chi connectivity index (χ4n) is 4.57. The summed E-state index contributed by atoms with van der Waals surface area (Å²) in [4.78, 5) is 27.2. The molecule has 2 saturated heterocycles. The summed E-state index contributed by atoms with van der Waals surface area (Å²) in [5, 5.41) is 0. The SMILES string of the molecule is COC(=O)c1cccn1C1CCN(C(=O)C2CCCN2S(=O)(=O)c2ccccc2)CC1. The van der Waals surface area contributed by atoms with Gasteiger partial charge in [-0.2, -0.15) is 4.31 Å². The van der Waals surface area contributed by atoms with Crippen LogP contribution in [0.4, 0.5) is 0 Å². The van der Waals surface area contributed by atoms with E-state index in [1.165, 1.54) is 11.4 Å². The number of sulfonamides is 1. The van der Waals surface area contributed by atoms with E-state index in [0.29, 0.717) is 51.0 Å². The molecule has 0 aliphatic carbocycles. The van der Waals surface area contributed by atoms with Gasteiger partial charge < -0.3 is 14.2 Å². The third-order valence-electron chi connectivity index (χ3n) is 6.18. The zero-order chi connectivity index (χ0) is 22.0. The van der Waals surface area contributed by atoms with Crippen molar-refractivity contribution in [3.8, 4) is 0 Å². The van der Waals surface area contributed by atoms with Gasteiger partial charge in [-0.3, -0.25) is 4.79 Å². The fourth-order valence-corrected chi connectivity index (χ4v) is 6.24. The van der Waals surface area contributed by atoms with Crippen LogP contribution >= 0.6 is 0 Å². The Morgan fingerprint density at radius 1 is 0.968 bits per heavy atom. The largest absolute Gasteiger partial charge is 0.464 e. The lowest BCUT2D eigenvalue weighted by Crippen LogP contribution is -2.50. The standard InChI is InChI=1S/C22H27N3O5S/c1-30-22(27)20-10-5-13-24(20)17-11-15-23(16-12-17)21(26)19-9-6-14-25(19)31(28,29)18-7-3-2-4-8-18/h2-5,7-8,10,13,17,19H,6,9,11-12,14-16H2,1H3. The molecule has 8 nitrogen and oxygen atoms in total. The summed E-state index contributed by atoms with van der Waals surface area (Å²) in [6.07, 6.45) is 4.46. The van der Waals surface area contributed by atoms with Crippen LogP contribution in [0, 0.1) is 0 Å². The Hall–Kier alpha value is -2.65. The lowest BCUT2D eigenvalue weighted by molar-refractivity contribution is -0.135. The molecule has 4 rings (SSSR count). The van der Waals surface area contributed by atoms with Gasteiger partial charge in [-0.25, -0.2) is 13.2 Å². The molecule has 31 heavy (non-hydrogen) atoms. The molecule has 3 heterocycles. The van der Waals surface area contributed by atoms with Gasteiger partial charge in [0.2, 0.25) is 15.9 Å². The van der Waals surface area contributed by atoms with Crippen LogP contribution in [-0.4, -0.2) is 66.9 Å². The minimum Gasteiger partial charge on any atom is -0.464 e. The molecule has 0 radical (unpaired) electrons. The minimum atomic E-state index is -3.71. The molecule has 1 unspecified atom stereocenters. The molecule has 1 atom stereocenters. The zero-order valence-corrected chi connectivity index (χ0v) is 18.3. The number of hydrogen-bond acceptors (Lipinski definition) is 5. The van der Waals surface area contributed by atoms with Crippen molar-refractivity contribution in [3.63, 3.8) is 0 Å². The summed E-state index contributed by atoms with van der Waals surface area (Å²) >= 11 is 0. The average Bonchev–Trinajstić information content (AvgIpc) is 3.49. The van der Waals surface area contributed by atoms with Crippen molar-refractivity contribution >= 4 is 21.9 Å². The summed E-state index contributed by atoms with van der Waals surface area (Å²) in [5.74, 6) is -0.507. The Balaban J connectivity index is 1.44. The van der Waals surface area contributed by atoms with Crippen LogP contribution in [0.3, 0.4) is 0 Å². The summed E-state index contributed by atoms with van der Waals surface area (Å²) < 4.78 is 34.3. The zero-order valence-electron chi connectivity index (χ0n) is 17.5. The number of methoxy groups -OCH3 is 1. The van der Waals surface area contributed by atoms with Gasteiger partial charge in [-0.05, 0) is 49.9 Å². The van der Waals surface area contributed by atoms with Crippen LogP contribution in [0.15, 0.2) is 53.6 Å². The van der Waals surface area contributed by atoms with Crippen molar-refractivity contribution in [1.82, 2.24) is 13.8 Å². The molecule has 0 bridgehead atoms. The van der Waals surface area contributed by atoms with Crippen LogP contribution in [0.25, 0.3) is 0 Å². The van der Waals surface area contributed by atoms with E-state index in [9.17, 15) is 18.0 Å². The summed E-state index contributed by atoms with van der Waals surface area (Å²) in [7, 11) is -2.35. The molecule has 2 fully saturated rings. The molecule has 0 spiro atoms. The highest BCUT2D eigenvalue weighted by Gasteiger charge is 2.41. The van der Waals surface area contributed by atoms with Crippen LogP contribution in [-0.2, 0) is 19.6 Å². The molecule has 9 heteroatoms. The van der Waals surface area contributed by atoms with Gasteiger partial charge in [0.05, 0.1) is 12.0 Å². The average molecular weight is 446 g/mol. The Kier molecular flexibility index (Phi) is 6.15. The van der Waals surface area contributed by atoms with E-state index in [1.807, 2.05) is 16.8 Å². The number of ether oxygens (including phenoxy) is 1. The Bertz CT molecular complexity index is 1040. The first kappa shape index (κ1) is 21.6. The van der Waals surface area contributed by atoms with Crippen LogP contribution in [0.5, 0.6) is 0 Å². The highest BCUT2D eigenvalue weighted by atomic mass is 32.2. The minimum absolute atomic E-state index is 0.0980. The van der Waals surface area contributed by atoms with Crippen molar-refractivity contribution < 1.29 is 22.7 Å². The fraction of sp³-hybridized carbons (Fsp3) is 0.455. The van der Waals surface area contributed by atoms with Gasteiger partial charge in [0.15, 0.2) is 0 Å². The number of esters is 1. The first-order valence-corrected chi connectivity index (χ1v) is 12.0. The van der Waals surface area contributed by atoms with Gasteiger partial charge in [0.25, 0.3) is 0 Å². The van der Waals surface area contributed by atoms with E-state index in [1.54, 1.807) is 41.3 Å². The summed E-state index contributed by atoms with van der Waals surface area (Å²) in [5.41, 5.74) is 0.503. The van der Waals surface area contributed by atoms with Gasteiger partial charge in [0.1, 0.15) is 11.7 Å². The number of benzene rings is 1. The van der Waals surface area contributed by atoms with E-state index in [-0.39, 0.29) is 22.8 Å². The molecule has 0 saturated carbocycles. The van der Waals surface area contributed by atoms with E-state index in [0.717, 1.165) is 0 Å². The number of aromatic nitrogens is 1. The molecule has 0 N–H and O–H groups in total. The van der Waals surface area contributed by atoms with Crippen molar-refractivity contribution in [2.75, 3.05) is 26.7 Å². The molecule has 1 aromatic heterocycles. The van der Waals surface area contributed by atoms with Gasteiger partial charge in [0, 0.05) is 31.9 Å². The normalized spacial score (nSPS) is 20.7. The summed E-state index contributed by atoms with van der Waals surface area (Å²) in [6.45, 7) is 1.41. The smallest absolute Gasteiger partial charge is 0.354 e. The van der Waals surface area contributed by atoms with Crippen molar-refractivity contribution in [1.29, 1.82) is 0 Å². The van der Waals surface area contributed by atoms with Crippen LogP contribution in [0.1, 0.15) is 42.2 Å². The lowest BCUT2D eigenvalue weighted by atomic mass is 10.0. The lowest BCUT2D eigenvalue weighted by Gasteiger charge is -2.36. The Morgan fingerprint density at radius 2 is 1.68 bits per heavy atom. The third-order valence-corrected chi connectivity index (χ3v) is 8.10. The van der Waals surface area contributed by atoms with E-state index >= 15 is 0 Å². The number of hydrogen-bond donors (Lipinski definition) is 0. The monoisotopic (exact) mass is 445 g/mol. The van der Waals surface area contributed by atoms with Crippen molar-refractivity contribution in [2.45, 2.75) is 42.7 Å². The maximum absolute atomic E-state index is 13.2. The van der Waals surface area contributed by atoms with Crippen molar-refractivity contribution in [3.05, 3.63) is 54.4 Å². The first-order chi connectivity index (χ1) is 14.9. The number of carbonyl (C=O) groups is 2. The van der Waals surface area contributed by atoms with E-state index in [2.05, 4.69) is 0 Å². The quantitative estimate of drug-likeness (QED) is 0.659. The number of carbonyl (C=O) groups excluding carboxylic acids is 2. The van der Waals surface area contributed by atoms with Gasteiger partial charge >= 0.3 is 5.97 Å². The Labute approximate surface area is 182 Å². The summed E-state index contributed by atoms with van der Waals surface area (Å²) in [6, 6.07) is 11.3. The van der Waals surface area contributed by atoms with E-state index in [4.69, 9.17) is 4.74 Å². The maximum Gasteiger partial charge on any atom is 0.354 e. The number of nitrogens with zero attached hydrogens (tertiary/aromatic N) is 3. The number of amides is 1. The molecule has 1 aromatic carbocycles. The number of rotatable bonds is 5. The second-order valence-electron chi connectivity index (χ2n) is 7.94. The van der Waals surface area contributed by atoms with Crippen LogP contribution in [0.2, 0.25) is 0 Å². The molecular weight excluding hydrogens is 418 g/mol. The van der Waals surface area contributed by atoms with Crippen molar-refractivity contribution in [2.24, 2.45) is 0 Å². The highest BCUT2D eigenvalue weighted by molar-refractivity contribution is 7.89. The topological polar surface area (TPSA) is 88.9 Å². The first-order valence-electron chi connectivity index (χ1n) is 10.5. The maximum atomic E-state index is 13.2. The molecular formula is C22H27N3O5S. The second-order valence-corrected chi connectivity index (χ2v) is 9.83.